The summed E-state index contributed by atoms with van der Waals surface area (Å²) in [6, 6.07) is 4.65. The van der Waals surface area contributed by atoms with Gasteiger partial charge in [0.2, 0.25) is 0 Å². The highest BCUT2D eigenvalue weighted by Gasteiger charge is 2.23. The minimum absolute atomic E-state index is 0.270. The molecule has 1 aliphatic heterocycles. The molecule has 1 aromatic carbocycles. The second-order valence-corrected chi connectivity index (χ2v) is 6.25. The number of anilines is 2. The molecule has 0 spiro atoms. The summed E-state index contributed by atoms with van der Waals surface area (Å²) in [6.45, 7) is 6.38. The van der Waals surface area contributed by atoms with Crippen LogP contribution in [0.5, 0.6) is 0 Å². The van der Waals surface area contributed by atoms with Gasteiger partial charge in [-0.25, -0.2) is 4.39 Å². The van der Waals surface area contributed by atoms with Crippen LogP contribution in [0, 0.1) is 5.82 Å². The van der Waals surface area contributed by atoms with Crippen LogP contribution in [0.2, 0.25) is 0 Å². The summed E-state index contributed by atoms with van der Waals surface area (Å²) in [6.07, 6.45) is 0. The molecular formula is C12H17FN2S. The fraction of sp³-hybridized carbons (Fsp3) is 0.500. The Kier molecular flexibility index (Phi) is 3.28. The number of rotatable bonds is 1. The highest BCUT2D eigenvalue weighted by atomic mass is 32.2. The zero-order valence-electron chi connectivity index (χ0n) is 9.61. The molecule has 0 amide bonds. The van der Waals surface area contributed by atoms with E-state index in [1.807, 2.05) is 11.8 Å². The number of nitrogens with two attached hydrogens (primary N) is 1. The van der Waals surface area contributed by atoms with E-state index in [2.05, 4.69) is 18.7 Å². The van der Waals surface area contributed by atoms with Gasteiger partial charge in [0.15, 0.2) is 0 Å². The fourth-order valence-corrected chi connectivity index (χ4v) is 3.51. The zero-order valence-corrected chi connectivity index (χ0v) is 10.4. The first-order valence-electron chi connectivity index (χ1n) is 5.51. The highest BCUT2D eigenvalue weighted by Crippen LogP contribution is 2.31. The Bertz CT molecular complexity index is 373. The highest BCUT2D eigenvalue weighted by molar-refractivity contribution is 8.00. The maximum Gasteiger partial charge on any atom is 0.125 e. The lowest BCUT2D eigenvalue weighted by Crippen LogP contribution is -2.40. The van der Waals surface area contributed by atoms with E-state index in [9.17, 15) is 4.39 Å². The lowest BCUT2D eigenvalue weighted by Gasteiger charge is -2.36. The van der Waals surface area contributed by atoms with Crippen molar-refractivity contribution in [3.63, 3.8) is 0 Å². The van der Waals surface area contributed by atoms with Crippen molar-refractivity contribution < 1.29 is 4.39 Å². The van der Waals surface area contributed by atoms with E-state index in [-0.39, 0.29) is 5.82 Å². The van der Waals surface area contributed by atoms with Crippen LogP contribution in [0.15, 0.2) is 18.2 Å². The van der Waals surface area contributed by atoms with Crippen molar-refractivity contribution in [1.29, 1.82) is 0 Å². The van der Waals surface area contributed by atoms with E-state index >= 15 is 0 Å². The fourth-order valence-electron chi connectivity index (χ4n) is 2.19. The molecule has 0 bridgehead atoms. The number of nitrogens with zero attached hydrogens (tertiary/aromatic N) is 1. The third kappa shape index (κ3) is 2.43. The van der Waals surface area contributed by atoms with Crippen LogP contribution in [-0.4, -0.2) is 23.6 Å². The molecule has 2 unspecified atom stereocenters. The third-order valence-electron chi connectivity index (χ3n) is 2.75. The summed E-state index contributed by atoms with van der Waals surface area (Å²) in [5.41, 5.74) is 7.35. The summed E-state index contributed by atoms with van der Waals surface area (Å²) >= 11 is 1.99. The molecule has 2 atom stereocenters. The van der Waals surface area contributed by atoms with Crippen molar-refractivity contribution in [3.8, 4) is 0 Å². The maximum absolute atomic E-state index is 13.0. The average molecular weight is 240 g/mol. The zero-order chi connectivity index (χ0) is 11.7. The minimum atomic E-state index is -0.270. The Labute approximate surface area is 100 Å². The number of hydrogen-bond acceptors (Lipinski definition) is 3. The van der Waals surface area contributed by atoms with Crippen molar-refractivity contribution in [2.45, 2.75) is 24.3 Å². The molecular weight excluding hydrogens is 223 g/mol. The molecule has 0 aliphatic carbocycles. The average Bonchev–Trinajstić information content (AvgIpc) is 2.15. The molecule has 4 heteroatoms. The van der Waals surface area contributed by atoms with E-state index in [4.69, 9.17) is 5.73 Å². The normalized spacial score (nSPS) is 25.8. The van der Waals surface area contributed by atoms with Gasteiger partial charge in [0.05, 0.1) is 11.4 Å². The van der Waals surface area contributed by atoms with Gasteiger partial charge < -0.3 is 10.6 Å². The summed E-state index contributed by atoms with van der Waals surface area (Å²) in [5.74, 6) is -0.270. The van der Waals surface area contributed by atoms with Gasteiger partial charge in [-0.1, -0.05) is 13.8 Å². The third-order valence-corrected chi connectivity index (χ3v) is 3.98. The largest absolute Gasteiger partial charge is 0.397 e. The topological polar surface area (TPSA) is 29.3 Å². The van der Waals surface area contributed by atoms with Crippen LogP contribution < -0.4 is 10.6 Å². The van der Waals surface area contributed by atoms with Crippen molar-refractivity contribution in [3.05, 3.63) is 24.0 Å². The van der Waals surface area contributed by atoms with Crippen LogP contribution in [0.3, 0.4) is 0 Å². The second kappa shape index (κ2) is 4.53. The quantitative estimate of drug-likeness (QED) is 0.765. The number of nitrogen functional groups attached to an aromatic ring is 1. The van der Waals surface area contributed by atoms with E-state index < -0.39 is 0 Å². The van der Waals surface area contributed by atoms with Gasteiger partial charge in [0, 0.05) is 23.6 Å². The molecule has 0 saturated carbocycles. The predicted molar refractivity (Wildman–Crippen MR) is 69.5 cm³/mol. The van der Waals surface area contributed by atoms with Crippen LogP contribution in [0.4, 0.5) is 15.8 Å². The van der Waals surface area contributed by atoms with Crippen LogP contribution in [-0.2, 0) is 0 Å². The smallest absolute Gasteiger partial charge is 0.125 e. The van der Waals surface area contributed by atoms with E-state index in [0.29, 0.717) is 16.2 Å². The Balaban J connectivity index is 2.23. The predicted octanol–water partition coefficient (Wildman–Crippen LogP) is 2.74. The molecule has 2 N–H and O–H groups in total. The first kappa shape index (κ1) is 11.6. The van der Waals surface area contributed by atoms with Gasteiger partial charge in [-0.3, -0.25) is 0 Å². The molecule has 2 nitrogen and oxygen atoms in total. The van der Waals surface area contributed by atoms with Gasteiger partial charge in [0.1, 0.15) is 5.82 Å². The molecule has 2 rings (SSSR count). The van der Waals surface area contributed by atoms with E-state index in [0.717, 1.165) is 18.8 Å². The minimum Gasteiger partial charge on any atom is -0.397 e. The van der Waals surface area contributed by atoms with Crippen molar-refractivity contribution in [2.75, 3.05) is 23.7 Å². The lowest BCUT2D eigenvalue weighted by atomic mass is 10.2. The molecule has 1 fully saturated rings. The van der Waals surface area contributed by atoms with Crippen LogP contribution in [0.25, 0.3) is 0 Å². The summed E-state index contributed by atoms with van der Waals surface area (Å²) in [4.78, 5) is 2.25. The van der Waals surface area contributed by atoms with E-state index in [1.54, 1.807) is 6.07 Å². The van der Waals surface area contributed by atoms with Gasteiger partial charge in [-0.05, 0) is 18.2 Å². The van der Waals surface area contributed by atoms with Crippen molar-refractivity contribution in [1.82, 2.24) is 0 Å². The SMILES string of the molecule is CC1CN(c2ccc(F)cc2N)CC(C)S1. The molecule has 88 valence electrons. The van der Waals surface area contributed by atoms with Gasteiger partial charge in [-0.15, -0.1) is 0 Å². The van der Waals surface area contributed by atoms with Crippen molar-refractivity contribution in [2.24, 2.45) is 0 Å². The Morgan fingerprint density at radius 2 is 1.94 bits per heavy atom. The van der Waals surface area contributed by atoms with Gasteiger partial charge in [-0.2, -0.15) is 11.8 Å². The lowest BCUT2D eigenvalue weighted by molar-refractivity contribution is 0.627. The molecule has 1 aliphatic rings. The summed E-state index contributed by atoms with van der Waals surface area (Å²) < 4.78 is 13.0. The molecule has 1 saturated heterocycles. The first-order valence-corrected chi connectivity index (χ1v) is 6.46. The first-order chi connectivity index (χ1) is 7.56. The second-order valence-electron chi connectivity index (χ2n) is 4.37. The monoisotopic (exact) mass is 240 g/mol. The summed E-state index contributed by atoms with van der Waals surface area (Å²) in [7, 11) is 0. The Morgan fingerprint density at radius 3 is 2.50 bits per heavy atom. The van der Waals surface area contributed by atoms with Crippen LogP contribution in [0.1, 0.15) is 13.8 Å². The Hall–Kier alpha value is -0.900. The number of thioether (sulfide) groups is 1. The molecule has 0 radical (unpaired) electrons. The maximum atomic E-state index is 13.0. The van der Waals surface area contributed by atoms with Crippen molar-refractivity contribution >= 4 is 23.1 Å². The number of halogens is 1. The molecule has 1 aromatic rings. The molecule has 0 aromatic heterocycles. The number of hydrogen-bond donors (Lipinski definition) is 1. The molecule has 16 heavy (non-hydrogen) atoms. The Morgan fingerprint density at radius 1 is 1.31 bits per heavy atom. The van der Waals surface area contributed by atoms with E-state index in [1.165, 1.54) is 12.1 Å². The van der Waals surface area contributed by atoms with Gasteiger partial charge >= 0.3 is 0 Å². The standard InChI is InChI=1S/C12H17FN2S/c1-8-6-15(7-9(2)16-8)12-4-3-10(13)5-11(12)14/h3-5,8-9H,6-7,14H2,1-2H3. The van der Waals surface area contributed by atoms with Crippen LogP contribution >= 0.6 is 11.8 Å². The van der Waals surface area contributed by atoms with Gasteiger partial charge in [0.25, 0.3) is 0 Å². The molecule has 1 heterocycles. The summed E-state index contributed by atoms with van der Waals surface area (Å²) in [5, 5.41) is 1.18. The number of benzene rings is 1.